The number of aliphatic hydroxyl groups excluding tert-OH is 2. The molecule has 7 aliphatic heterocycles. The van der Waals surface area contributed by atoms with Crippen LogP contribution < -0.4 is 52.1 Å². The van der Waals surface area contributed by atoms with Gasteiger partial charge in [0.05, 0.1) is 38.1 Å². The number of anilines is 4. The third kappa shape index (κ3) is 24.0. The van der Waals surface area contributed by atoms with Gasteiger partial charge in [0.15, 0.2) is 71.7 Å². The zero-order valence-corrected chi connectivity index (χ0v) is 68.7. The van der Waals surface area contributed by atoms with E-state index in [9.17, 15) is 61.8 Å². The minimum atomic E-state index is -1.64. The fraction of sp³-hybridized carbons (Fsp3) is 0.537. The third-order valence-electron chi connectivity index (χ3n) is 21.8. The summed E-state index contributed by atoms with van der Waals surface area (Å²) in [6.45, 7) is 39.3. The number of hydrogen-bond acceptors (Lipinski definition) is 25. The van der Waals surface area contributed by atoms with E-state index in [0.29, 0.717) is 106 Å². The highest BCUT2D eigenvalue weighted by Crippen LogP contribution is 2.40. The SMILES string of the molecule is Cn1cnnc1[C@H](O)[C@@H](O)C(=O)NCC1CCN(c2ccc(F)cc2C#N)CC1.[C-]#[N+]c1cc(F)ccc1N1CCC(CNC(=O)[C@@H]2OC(C)(C)O[C@H]2C(=O)NN)CC1.[C-]#[N+]c1cc(F)ccc1N1CCC(CNC(=O)[C@@H]2OC(C)(C)O[C@H]2C(=O)OC)CC1.[C-]#[N+]c1cc(F)ccc1N1CCC(CNC(=O)[C@@H]2OC(C)(C)O[C@H]2c2nncn2C)CC1. The largest absolute Gasteiger partial charge is 0.467 e. The lowest BCUT2D eigenvalue weighted by Gasteiger charge is -2.34. The molecule has 0 radical (unpaired) electrons. The number of carbonyl (C=O) groups is 6. The molecule has 0 aliphatic carbocycles. The van der Waals surface area contributed by atoms with Gasteiger partial charge in [-0.1, -0.05) is 0 Å². The maximum atomic E-state index is 13.4. The Morgan fingerprint density at radius 2 is 0.851 bits per heavy atom. The molecule has 0 unspecified atom stereocenters. The van der Waals surface area contributed by atoms with Gasteiger partial charge in [0, 0.05) is 110 Å². The smallest absolute Gasteiger partial charge is 0.338 e. The van der Waals surface area contributed by atoms with Crippen molar-refractivity contribution in [1.82, 2.24) is 56.2 Å². The molecule has 121 heavy (non-hydrogen) atoms. The molecular formula is C82H102F4N20O15. The van der Waals surface area contributed by atoms with E-state index in [1.807, 2.05) is 16.4 Å². The van der Waals surface area contributed by atoms with Crippen LogP contribution >= 0.6 is 0 Å². The molecule has 0 bridgehead atoms. The number of aromatic nitrogens is 6. The van der Waals surface area contributed by atoms with Gasteiger partial charge in [0.1, 0.15) is 48.1 Å². The first-order valence-electron chi connectivity index (χ1n) is 39.7. The Morgan fingerprint density at radius 3 is 1.22 bits per heavy atom. The Bertz CT molecular complexity index is 4660. The normalized spacial score (nSPS) is 21.9. The fourth-order valence-corrected chi connectivity index (χ4v) is 15.3. The highest BCUT2D eigenvalue weighted by atomic mass is 19.1. The van der Waals surface area contributed by atoms with E-state index < -0.39 is 119 Å². The molecule has 13 rings (SSSR count). The van der Waals surface area contributed by atoms with Gasteiger partial charge in [-0.25, -0.2) is 42.7 Å². The topological polar surface area (TPSA) is 405 Å². The van der Waals surface area contributed by atoms with E-state index in [1.54, 1.807) is 90.8 Å². The van der Waals surface area contributed by atoms with Gasteiger partial charge in [-0.15, -0.1) is 20.4 Å². The number of halogens is 4. The molecule has 8 atom stereocenters. The van der Waals surface area contributed by atoms with Crippen LogP contribution in [0.25, 0.3) is 14.5 Å². The molecule has 35 nitrogen and oxygen atoms in total. The lowest BCUT2D eigenvalue weighted by atomic mass is 9.95. The molecule has 7 fully saturated rings. The number of methoxy groups -OCH3 is 1. The maximum Gasteiger partial charge on any atom is 0.338 e. The average Bonchev–Trinajstić information content (AvgIpc) is 1.64. The number of hydrazine groups is 1. The van der Waals surface area contributed by atoms with Crippen molar-refractivity contribution in [3.8, 4) is 6.07 Å². The number of piperidine rings is 4. The monoisotopic (exact) mass is 1680 g/mol. The lowest BCUT2D eigenvalue weighted by Crippen LogP contribution is -2.50. The number of nitrogens with one attached hydrogen (secondary N) is 5. The summed E-state index contributed by atoms with van der Waals surface area (Å²) in [4.78, 5) is 92.7. The standard InChI is InChI=1S/C22H27FN6O3.C21H26FN3O5.C20H26FN5O4.C19H23FN6O3/c1-22(2)31-18(20-27-26-13-28(20)4)19(32-22)21(30)25-12-14-7-9-29(10-8-14)17-6-5-15(23)11-16(17)24-3;1-21(2)29-17(18(30-21)20(27)28-4)19(26)24-12-13-7-9-25(10-8-13)16-6-5-14(22)11-15(16)23-3;1-20(2)29-16(17(30-20)19(28)25-22)18(27)24-11-12-6-8-26(9-7-12)15-5-4-13(21)10-14(15)23-3;1-25-11-23-24-18(25)16(27)17(28)19(29)22-10-12-4-6-26(7-5-12)15-3-2-14(20)8-13(15)9-21/h5-6,11,13-14,18-19H,7-10,12H2,1-2,4H3,(H,25,30);5-6,11,13,17-18H,7-10,12H2,1-2,4H3,(H,24,26);4-5,10,12,16-17H,6-9,11,22H2,1-2H3,(H,24,27)(H,25,28);2-3,8,11-12,16-17,27-28H,4-7,10H2,1H3,(H,22,29)/t18-,19-;17-,18-;2*16-,17-/m1111/s1. The summed E-state index contributed by atoms with van der Waals surface area (Å²) in [5.41, 5.74) is 6.15. The summed E-state index contributed by atoms with van der Waals surface area (Å²) < 4.78 is 95.3. The summed E-state index contributed by atoms with van der Waals surface area (Å²) >= 11 is 0. The number of hydrogen-bond donors (Lipinski definition) is 8. The van der Waals surface area contributed by atoms with Crippen molar-refractivity contribution in [3.63, 3.8) is 0 Å². The second kappa shape index (κ2) is 41.2. The molecule has 4 aromatic carbocycles. The van der Waals surface area contributed by atoms with Crippen LogP contribution in [0.4, 0.5) is 57.4 Å². The number of nitrogens with zero attached hydrogens (tertiary/aromatic N) is 14. The van der Waals surface area contributed by atoms with Crippen LogP contribution in [0, 0.1) is 78.0 Å². The molecule has 9 N–H and O–H groups in total. The summed E-state index contributed by atoms with van der Waals surface area (Å²) in [5.74, 6) is -0.938. The van der Waals surface area contributed by atoms with Crippen molar-refractivity contribution in [3.05, 3.63) is 160 Å². The zero-order chi connectivity index (χ0) is 87.6. The predicted molar refractivity (Wildman–Crippen MR) is 429 cm³/mol. The zero-order valence-electron chi connectivity index (χ0n) is 68.7. The Morgan fingerprint density at radius 1 is 0.512 bits per heavy atom. The van der Waals surface area contributed by atoms with Crippen molar-refractivity contribution in [2.75, 3.05) is 105 Å². The molecule has 39 heteroatoms. The second-order valence-electron chi connectivity index (χ2n) is 31.7. The highest BCUT2D eigenvalue weighted by Gasteiger charge is 2.52. The Labute approximate surface area is 697 Å². The van der Waals surface area contributed by atoms with Crippen LogP contribution in [-0.4, -0.2) is 215 Å². The van der Waals surface area contributed by atoms with E-state index in [2.05, 4.69) is 70.9 Å². The summed E-state index contributed by atoms with van der Waals surface area (Å²) in [6.07, 6.45) is 0.493. The van der Waals surface area contributed by atoms with Crippen molar-refractivity contribution in [2.24, 2.45) is 43.6 Å². The average molecular weight is 1680 g/mol. The first kappa shape index (κ1) is 91.8. The Hall–Kier alpha value is -11.5. The quantitative estimate of drug-likeness (QED) is 0.00938. The fourth-order valence-electron chi connectivity index (χ4n) is 15.3. The van der Waals surface area contributed by atoms with E-state index in [0.717, 1.165) is 81.5 Å². The van der Waals surface area contributed by atoms with Crippen LogP contribution in [0.2, 0.25) is 0 Å². The molecular weight excluding hydrogens is 1580 g/mol. The summed E-state index contributed by atoms with van der Waals surface area (Å²) in [7, 11) is 4.64. The first-order chi connectivity index (χ1) is 57.6. The molecule has 7 saturated heterocycles. The van der Waals surface area contributed by atoms with Crippen LogP contribution in [-0.2, 0) is 76.0 Å². The van der Waals surface area contributed by atoms with Crippen molar-refractivity contribution < 1.29 is 89.7 Å². The number of aliphatic hydroxyl groups is 2. The van der Waals surface area contributed by atoms with Gasteiger partial charge in [-0.05, 0) is 189 Å². The van der Waals surface area contributed by atoms with Crippen LogP contribution in [0.5, 0.6) is 0 Å². The van der Waals surface area contributed by atoms with Gasteiger partial charge in [-0.3, -0.25) is 29.4 Å². The minimum absolute atomic E-state index is 0.105. The molecule has 7 aliphatic rings. The van der Waals surface area contributed by atoms with Crippen LogP contribution in [0.3, 0.4) is 0 Å². The predicted octanol–water partition coefficient (Wildman–Crippen LogP) is 6.60. The van der Waals surface area contributed by atoms with Gasteiger partial charge in [-0.2, -0.15) is 5.26 Å². The number of rotatable bonds is 21. The van der Waals surface area contributed by atoms with Gasteiger partial charge >= 0.3 is 5.97 Å². The highest BCUT2D eigenvalue weighted by molar-refractivity contribution is 5.92. The number of nitrogens with two attached hydrogens (primary N) is 1. The molecule has 0 spiro atoms. The van der Waals surface area contributed by atoms with Crippen molar-refractivity contribution in [2.45, 2.75) is 159 Å². The van der Waals surface area contributed by atoms with Crippen LogP contribution in [0.1, 0.15) is 122 Å². The second-order valence-corrected chi connectivity index (χ2v) is 31.7. The number of ether oxygens (including phenoxy) is 7. The third-order valence-corrected chi connectivity index (χ3v) is 21.8. The van der Waals surface area contributed by atoms with Crippen molar-refractivity contribution >= 4 is 75.3 Å². The maximum absolute atomic E-state index is 13.4. The van der Waals surface area contributed by atoms with E-state index in [4.69, 9.17) is 58.7 Å². The number of amides is 5. The Kier molecular flexibility index (Phi) is 31.2. The minimum Gasteiger partial charge on any atom is -0.467 e. The van der Waals surface area contributed by atoms with Gasteiger partial charge in [0.2, 0.25) is 17.1 Å². The Balaban J connectivity index is 0.000000169. The van der Waals surface area contributed by atoms with E-state index >= 15 is 0 Å². The molecule has 9 heterocycles. The van der Waals surface area contributed by atoms with Crippen molar-refractivity contribution in [1.29, 1.82) is 5.26 Å². The number of esters is 1. The number of benzene rings is 4. The number of aryl methyl sites for hydroxylation is 2. The first-order valence-corrected chi connectivity index (χ1v) is 39.7. The van der Waals surface area contributed by atoms with Crippen LogP contribution in [0.15, 0.2) is 85.5 Å². The van der Waals surface area contributed by atoms with E-state index in [-0.39, 0.29) is 29.5 Å². The molecule has 2 aromatic heterocycles. The summed E-state index contributed by atoms with van der Waals surface area (Å²) in [5, 5.41) is 56.0. The molecule has 648 valence electrons. The molecule has 5 amide bonds. The number of nitriles is 1. The van der Waals surface area contributed by atoms with E-state index in [1.165, 1.54) is 66.5 Å². The lowest BCUT2D eigenvalue weighted by molar-refractivity contribution is -0.168. The van der Waals surface area contributed by atoms with Gasteiger partial charge in [0.25, 0.3) is 29.5 Å². The number of carbonyl (C=O) groups excluding carboxylic acids is 6. The van der Waals surface area contributed by atoms with Gasteiger partial charge < -0.3 is 93.4 Å². The summed E-state index contributed by atoms with van der Waals surface area (Å²) in [6, 6.07) is 19.0. The molecule has 0 saturated carbocycles. The molecule has 6 aromatic rings.